The first-order valence-corrected chi connectivity index (χ1v) is 23.9. The van der Waals surface area contributed by atoms with Crippen LogP contribution in [0.2, 0.25) is 19.6 Å². The zero-order valence-electron chi connectivity index (χ0n) is 29.9. The topological polar surface area (TPSA) is 0 Å². The fraction of sp³-hybridized carbons (Fsp3) is 0.326. The summed E-state index contributed by atoms with van der Waals surface area (Å²) in [6.07, 6.45) is 6.37. The van der Waals surface area contributed by atoms with Crippen LogP contribution in [0.15, 0.2) is 112 Å². The zero-order chi connectivity index (χ0) is 32.3. The summed E-state index contributed by atoms with van der Waals surface area (Å²) in [5.74, 6) is 0.466. The van der Waals surface area contributed by atoms with Gasteiger partial charge < -0.3 is 24.8 Å². The number of hydrogen-bond acceptors (Lipinski definition) is 0. The molecule has 0 heterocycles. The first-order valence-electron chi connectivity index (χ1n) is 16.7. The fourth-order valence-corrected chi connectivity index (χ4v) is 17.1. The Kier molecular flexibility index (Phi) is 11.3. The Morgan fingerprint density at radius 2 is 1.21 bits per heavy atom. The third-order valence-corrected chi connectivity index (χ3v) is 19.8. The largest absolute Gasteiger partial charge is 1.00 e. The van der Waals surface area contributed by atoms with Gasteiger partial charge in [-0.05, 0) is 0 Å². The van der Waals surface area contributed by atoms with Gasteiger partial charge in [-0.15, -0.1) is 0 Å². The second kappa shape index (κ2) is 14.0. The number of rotatable bonds is 5. The number of allylic oxidation sites excluding steroid dienone is 4. The molecule has 244 valence electrons. The molecule has 2 aliphatic carbocycles. The maximum absolute atomic E-state index is 2.83. The van der Waals surface area contributed by atoms with Crippen LogP contribution in [0.25, 0.3) is 11.1 Å². The van der Waals surface area contributed by atoms with E-state index < -0.39 is 29.3 Å². The van der Waals surface area contributed by atoms with Gasteiger partial charge in [0.25, 0.3) is 0 Å². The molecule has 47 heavy (non-hydrogen) atoms. The van der Waals surface area contributed by atoms with Crippen molar-refractivity contribution in [2.75, 3.05) is 0 Å². The molecule has 1 atom stereocenters. The van der Waals surface area contributed by atoms with Gasteiger partial charge in [0.2, 0.25) is 0 Å². The van der Waals surface area contributed by atoms with Gasteiger partial charge in [0, 0.05) is 0 Å². The van der Waals surface area contributed by atoms with Crippen molar-refractivity contribution in [3.05, 3.63) is 145 Å². The van der Waals surface area contributed by atoms with E-state index in [1.807, 2.05) is 0 Å². The maximum Gasteiger partial charge on any atom is -1.00 e. The van der Waals surface area contributed by atoms with Crippen LogP contribution < -0.4 is 28.1 Å². The second-order valence-corrected chi connectivity index (χ2v) is 27.2. The van der Waals surface area contributed by atoms with Gasteiger partial charge in [-0.3, -0.25) is 0 Å². The van der Waals surface area contributed by atoms with Crippen LogP contribution in [0.3, 0.4) is 0 Å². The van der Waals surface area contributed by atoms with Crippen LogP contribution in [0.4, 0.5) is 0 Å². The minimum atomic E-state index is -2.83. The van der Waals surface area contributed by atoms with Gasteiger partial charge in [0.1, 0.15) is 0 Å². The van der Waals surface area contributed by atoms with E-state index in [1.54, 1.807) is 20.5 Å². The van der Waals surface area contributed by atoms with E-state index in [-0.39, 0.29) is 35.6 Å². The van der Waals surface area contributed by atoms with E-state index in [1.165, 1.54) is 38.9 Å². The Labute approximate surface area is 305 Å². The van der Waals surface area contributed by atoms with Crippen molar-refractivity contribution in [1.82, 2.24) is 0 Å². The molecular formula is C43H50Cl2SiZr. The van der Waals surface area contributed by atoms with Gasteiger partial charge in [-0.1, -0.05) is 0 Å². The van der Waals surface area contributed by atoms with E-state index in [0.717, 1.165) is 6.42 Å². The minimum Gasteiger partial charge on any atom is -1.00 e. The molecular weight excluding hydrogens is 707 g/mol. The van der Waals surface area contributed by atoms with Crippen molar-refractivity contribution in [3.63, 3.8) is 0 Å². The molecule has 0 spiro atoms. The van der Waals surface area contributed by atoms with Crippen LogP contribution in [0.1, 0.15) is 81.8 Å². The molecule has 0 aliphatic heterocycles. The fourth-order valence-electron chi connectivity index (χ4n) is 6.97. The van der Waals surface area contributed by atoms with Crippen LogP contribution in [-0.2, 0) is 38.5 Å². The molecule has 1 unspecified atom stereocenters. The Morgan fingerprint density at radius 3 is 1.70 bits per heavy atom. The van der Waals surface area contributed by atoms with Crippen molar-refractivity contribution in [1.29, 1.82) is 0 Å². The summed E-state index contributed by atoms with van der Waals surface area (Å²) in [5.41, 5.74) is 11.9. The summed E-state index contributed by atoms with van der Waals surface area (Å²) in [7, 11) is -1.48. The molecule has 0 N–H and O–H groups in total. The summed E-state index contributed by atoms with van der Waals surface area (Å²) in [5, 5.41) is 1.63. The minimum absolute atomic E-state index is 0. The SMILES string of the molecule is CC1C=C([Si](C)(C)C)C=[C]1[Zr+2](=[C](c1ccccc1)c1ccccc1)[c]1cc(C(C)(C)C)cc2c1Cc1ccc(C(C)(C)C)cc1-2.[Cl-].[Cl-]. The first-order chi connectivity index (χ1) is 21.1. The van der Waals surface area contributed by atoms with Gasteiger partial charge in [0.05, 0.1) is 0 Å². The summed E-state index contributed by atoms with van der Waals surface area (Å²) in [4.78, 5) is 0. The molecule has 4 heteroatoms. The predicted octanol–water partition coefficient (Wildman–Crippen LogP) is 4.71. The van der Waals surface area contributed by atoms with Gasteiger partial charge in [-0.25, -0.2) is 0 Å². The van der Waals surface area contributed by atoms with Crippen LogP contribution >= 0.6 is 0 Å². The Balaban J connectivity index is 0.00000250. The summed E-state index contributed by atoms with van der Waals surface area (Å²) in [6.45, 7) is 24.2. The average Bonchev–Trinajstić information content (AvgIpc) is 3.55. The van der Waals surface area contributed by atoms with Crippen LogP contribution in [-0.4, -0.2) is 11.3 Å². The standard InChI is InChI=1S/C21H25.C13H10.C9H15Si.2ClH.Zr/c1-20(2,3)16-9-7-14-11-15-8-10-17(21(4,5)6)13-19(15)18(14)12-16;1-3-7-12(8-4-1)11-13-9-5-2-6-10-13;1-8-5-6-9(7-8)10(2,3)4;;;/h7,9-10,12-13H,11H2,1-6H3;1-10H;6-8H,1-4H3;2*1H;/q;;;;;+2/p-2. The summed E-state index contributed by atoms with van der Waals surface area (Å²) in [6, 6.07) is 35.3. The van der Waals surface area contributed by atoms with Gasteiger partial charge in [0.15, 0.2) is 0 Å². The molecule has 4 aromatic carbocycles. The van der Waals surface area contributed by atoms with Gasteiger partial charge in [-0.2, -0.15) is 0 Å². The van der Waals surface area contributed by atoms with Crippen molar-refractivity contribution in [2.24, 2.45) is 5.92 Å². The Morgan fingerprint density at radius 1 is 0.681 bits per heavy atom. The second-order valence-electron chi connectivity index (χ2n) is 16.3. The molecule has 0 radical (unpaired) electrons. The number of benzene rings is 4. The van der Waals surface area contributed by atoms with Crippen LogP contribution in [0.5, 0.6) is 0 Å². The number of fused-ring (bicyclic) bond motifs is 3. The van der Waals surface area contributed by atoms with E-state index in [0.29, 0.717) is 5.92 Å². The number of halogens is 2. The Bertz CT molecular complexity index is 1820. The molecule has 0 amide bonds. The molecule has 6 rings (SSSR count). The van der Waals surface area contributed by atoms with Crippen molar-refractivity contribution < 1.29 is 46.1 Å². The molecule has 0 saturated carbocycles. The quantitative estimate of drug-likeness (QED) is 0.228. The Hall–Kier alpha value is -2.09. The molecule has 0 fully saturated rings. The monoisotopic (exact) mass is 754 g/mol. The normalized spacial score (nSPS) is 15.3. The predicted molar refractivity (Wildman–Crippen MR) is 196 cm³/mol. The molecule has 4 aromatic rings. The summed E-state index contributed by atoms with van der Waals surface area (Å²) >= 11 is -2.83. The zero-order valence-corrected chi connectivity index (χ0v) is 34.8. The molecule has 2 aliphatic rings. The van der Waals surface area contributed by atoms with Crippen molar-refractivity contribution in [2.45, 2.75) is 85.4 Å². The molecule has 0 saturated heterocycles. The smallest absolute Gasteiger partial charge is 1.00 e. The average molecular weight is 757 g/mol. The summed E-state index contributed by atoms with van der Waals surface area (Å²) < 4.78 is 5.03. The molecule has 0 nitrogen and oxygen atoms in total. The molecule has 0 bridgehead atoms. The number of hydrogen-bond donors (Lipinski definition) is 0. The van der Waals surface area contributed by atoms with E-state index in [2.05, 4.69) is 171 Å². The van der Waals surface area contributed by atoms with Crippen molar-refractivity contribution >= 4 is 14.6 Å². The third-order valence-electron chi connectivity index (χ3n) is 9.78. The van der Waals surface area contributed by atoms with Crippen LogP contribution in [0, 0.1) is 5.92 Å². The van der Waals surface area contributed by atoms with E-state index in [4.69, 9.17) is 0 Å². The third kappa shape index (κ3) is 7.57. The maximum atomic E-state index is 2.70. The van der Waals surface area contributed by atoms with Gasteiger partial charge >= 0.3 is 283 Å². The van der Waals surface area contributed by atoms with Crippen molar-refractivity contribution in [3.8, 4) is 11.1 Å². The molecule has 0 aromatic heterocycles. The van der Waals surface area contributed by atoms with E-state index >= 15 is 0 Å². The van der Waals surface area contributed by atoms with E-state index in [9.17, 15) is 0 Å². The first kappa shape index (κ1) is 37.7.